The lowest BCUT2D eigenvalue weighted by Crippen LogP contribution is -2.42. The highest BCUT2D eigenvalue weighted by Crippen LogP contribution is 2.18. The molecule has 16 heavy (non-hydrogen) atoms. The van der Waals surface area contributed by atoms with Crippen molar-refractivity contribution in [2.45, 2.75) is 31.7 Å². The maximum absolute atomic E-state index is 11.8. The van der Waals surface area contributed by atoms with Crippen molar-refractivity contribution in [2.75, 3.05) is 0 Å². The van der Waals surface area contributed by atoms with Crippen LogP contribution in [0.25, 0.3) is 0 Å². The quantitative estimate of drug-likeness (QED) is 0.740. The molecule has 0 radical (unpaired) electrons. The monoisotopic (exact) mass is 247 g/mol. The average Bonchev–Trinajstić information content (AvgIpc) is 2.45. The van der Waals surface area contributed by atoms with Crippen LogP contribution in [0.15, 0.2) is 9.42 Å². The molecule has 0 bridgehead atoms. The van der Waals surface area contributed by atoms with Gasteiger partial charge in [-0.25, -0.2) is 8.42 Å². The van der Waals surface area contributed by atoms with Gasteiger partial charge < -0.3 is 10.3 Å². The van der Waals surface area contributed by atoms with E-state index in [-0.39, 0.29) is 16.3 Å². The summed E-state index contributed by atoms with van der Waals surface area (Å²) in [7, 11) is -3.83. The summed E-state index contributed by atoms with van der Waals surface area (Å²) >= 11 is 0. The molecule has 0 aliphatic carbocycles. The SMILES string of the molecule is Cc1noc(C)c1S(=O)(=O)NC(C)C(N)=O. The van der Waals surface area contributed by atoms with E-state index in [0.29, 0.717) is 0 Å². The molecule has 7 nitrogen and oxygen atoms in total. The molecule has 0 aromatic carbocycles. The number of carbonyl (C=O) groups is 1. The molecule has 1 aromatic heterocycles. The summed E-state index contributed by atoms with van der Waals surface area (Å²) in [5.74, 6) is -0.586. The Bertz CT molecular complexity index is 486. The number of hydrogen-bond acceptors (Lipinski definition) is 5. The van der Waals surface area contributed by atoms with Crippen LogP contribution in [-0.2, 0) is 14.8 Å². The molecule has 1 atom stereocenters. The van der Waals surface area contributed by atoms with Crippen molar-refractivity contribution in [3.05, 3.63) is 11.5 Å². The summed E-state index contributed by atoms with van der Waals surface area (Å²) in [5.41, 5.74) is 5.21. The third-order valence-electron chi connectivity index (χ3n) is 2.00. The zero-order valence-corrected chi connectivity index (χ0v) is 9.96. The smallest absolute Gasteiger partial charge is 0.246 e. The van der Waals surface area contributed by atoms with E-state index >= 15 is 0 Å². The summed E-state index contributed by atoms with van der Waals surface area (Å²) < 4.78 is 30.5. The fraction of sp³-hybridized carbons (Fsp3) is 0.500. The number of nitrogens with zero attached hydrogens (tertiary/aromatic N) is 1. The van der Waals surface area contributed by atoms with E-state index in [2.05, 4.69) is 9.88 Å². The number of sulfonamides is 1. The number of hydrogen-bond donors (Lipinski definition) is 2. The lowest BCUT2D eigenvalue weighted by atomic mass is 10.4. The predicted molar refractivity (Wildman–Crippen MR) is 55.0 cm³/mol. The Morgan fingerprint density at radius 3 is 2.44 bits per heavy atom. The second-order valence-electron chi connectivity index (χ2n) is 3.40. The Morgan fingerprint density at radius 2 is 2.06 bits per heavy atom. The van der Waals surface area contributed by atoms with Crippen LogP contribution in [-0.4, -0.2) is 25.5 Å². The lowest BCUT2D eigenvalue weighted by molar-refractivity contribution is -0.119. The van der Waals surface area contributed by atoms with Gasteiger partial charge in [0.1, 0.15) is 10.6 Å². The van der Waals surface area contributed by atoms with E-state index in [1.54, 1.807) is 0 Å². The van der Waals surface area contributed by atoms with Gasteiger partial charge in [-0.1, -0.05) is 5.16 Å². The molecule has 1 unspecified atom stereocenters. The van der Waals surface area contributed by atoms with E-state index in [4.69, 9.17) is 10.3 Å². The average molecular weight is 247 g/mol. The van der Waals surface area contributed by atoms with E-state index in [1.807, 2.05) is 0 Å². The normalized spacial score (nSPS) is 13.7. The zero-order valence-electron chi connectivity index (χ0n) is 9.14. The van der Waals surface area contributed by atoms with Crippen LogP contribution in [0.2, 0.25) is 0 Å². The van der Waals surface area contributed by atoms with Crippen LogP contribution in [0, 0.1) is 13.8 Å². The Balaban J connectivity index is 3.09. The largest absolute Gasteiger partial charge is 0.368 e. The van der Waals surface area contributed by atoms with E-state index < -0.39 is 22.0 Å². The second-order valence-corrected chi connectivity index (χ2v) is 5.05. The van der Waals surface area contributed by atoms with Gasteiger partial charge in [0.2, 0.25) is 15.9 Å². The van der Waals surface area contributed by atoms with Gasteiger partial charge >= 0.3 is 0 Å². The molecule has 0 saturated heterocycles. The van der Waals surface area contributed by atoms with Gasteiger partial charge in [0.25, 0.3) is 0 Å². The summed E-state index contributed by atoms with van der Waals surface area (Å²) in [6.07, 6.45) is 0. The third kappa shape index (κ3) is 2.39. The summed E-state index contributed by atoms with van der Waals surface area (Å²) in [6, 6.07) is -0.987. The van der Waals surface area contributed by atoms with E-state index in [1.165, 1.54) is 20.8 Å². The molecule has 3 N–H and O–H groups in total. The first kappa shape index (κ1) is 12.7. The van der Waals surface area contributed by atoms with Gasteiger partial charge in [0, 0.05) is 0 Å². The first-order valence-corrected chi connectivity index (χ1v) is 5.98. The molecule has 0 saturated carbocycles. The molecule has 1 amide bonds. The van der Waals surface area contributed by atoms with Crippen molar-refractivity contribution in [3.63, 3.8) is 0 Å². The van der Waals surface area contributed by atoms with Crippen molar-refractivity contribution >= 4 is 15.9 Å². The molecule has 0 aliphatic heterocycles. The van der Waals surface area contributed by atoms with Crippen molar-refractivity contribution in [3.8, 4) is 0 Å². The topological polar surface area (TPSA) is 115 Å². The van der Waals surface area contributed by atoms with Crippen molar-refractivity contribution in [1.29, 1.82) is 0 Å². The highest BCUT2D eigenvalue weighted by Gasteiger charge is 2.27. The van der Waals surface area contributed by atoms with Crippen molar-refractivity contribution < 1.29 is 17.7 Å². The molecule has 1 heterocycles. The fourth-order valence-electron chi connectivity index (χ4n) is 1.21. The molecule has 8 heteroatoms. The molecular formula is C8H13N3O4S. The summed E-state index contributed by atoms with van der Waals surface area (Å²) in [6.45, 7) is 4.33. The summed E-state index contributed by atoms with van der Waals surface area (Å²) in [4.78, 5) is 10.7. The minimum atomic E-state index is -3.83. The van der Waals surface area contributed by atoms with Gasteiger partial charge in [-0.3, -0.25) is 4.79 Å². The van der Waals surface area contributed by atoms with Crippen molar-refractivity contribution in [2.24, 2.45) is 5.73 Å². The summed E-state index contributed by atoms with van der Waals surface area (Å²) in [5, 5.41) is 3.52. The highest BCUT2D eigenvalue weighted by atomic mass is 32.2. The number of rotatable bonds is 4. The number of nitrogens with two attached hydrogens (primary N) is 1. The maximum Gasteiger partial charge on any atom is 0.246 e. The standard InChI is InChI=1S/C8H13N3O4S/c1-4-7(6(3)15-10-4)16(13,14)11-5(2)8(9)12/h5,11H,1-3H3,(H2,9,12). The number of aryl methyl sites for hydroxylation is 2. The Hall–Kier alpha value is -1.41. The Kier molecular flexibility index (Phi) is 3.34. The minimum Gasteiger partial charge on any atom is -0.368 e. The third-order valence-corrected chi connectivity index (χ3v) is 3.78. The molecule has 0 aliphatic rings. The number of amides is 1. The van der Waals surface area contributed by atoms with Crippen LogP contribution in [0.5, 0.6) is 0 Å². The zero-order chi connectivity index (χ0) is 12.5. The van der Waals surface area contributed by atoms with Crippen LogP contribution in [0.3, 0.4) is 0 Å². The fourth-order valence-corrected chi connectivity index (χ4v) is 2.75. The molecule has 90 valence electrons. The van der Waals surface area contributed by atoms with Gasteiger partial charge in [-0.2, -0.15) is 4.72 Å². The number of carbonyl (C=O) groups excluding carboxylic acids is 1. The van der Waals surface area contributed by atoms with Crippen LogP contribution in [0.4, 0.5) is 0 Å². The Morgan fingerprint density at radius 1 is 1.50 bits per heavy atom. The highest BCUT2D eigenvalue weighted by molar-refractivity contribution is 7.89. The Labute approximate surface area is 93.0 Å². The number of primary amides is 1. The van der Waals surface area contributed by atoms with Gasteiger partial charge in [-0.15, -0.1) is 0 Å². The maximum atomic E-state index is 11.8. The van der Waals surface area contributed by atoms with Crippen LogP contribution < -0.4 is 10.5 Å². The molecular weight excluding hydrogens is 234 g/mol. The van der Waals surface area contributed by atoms with Crippen LogP contribution >= 0.6 is 0 Å². The minimum absolute atomic E-state index is 0.0550. The molecule has 1 aromatic rings. The van der Waals surface area contributed by atoms with Crippen molar-refractivity contribution in [1.82, 2.24) is 9.88 Å². The van der Waals surface area contributed by atoms with E-state index in [9.17, 15) is 13.2 Å². The second kappa shape index (κ2) is 4.22. The first-order chi connectivity index (χ1) is 7.25. The lowest BCUT2D eigenvalue weighted by Gasteiger charge is -2.10. The van der Waals surface area contributed by atoms with Gasteiger partial charge in [-0.05, 0) is 20.8 Å². The molecule has 1 rings (SSSR count). The van der Waals surface area contributed by atoms with Gasteiger partial charge in [0.15, 0.2) is 5.76 Å². The van der Waals surface area contributed by atoms with E-state index in [0.717, 1.165) is 0 Å². The molecule has 0 fully saturated rings. The van der Waals surface area contributed by atoms with Crippen LogP contribution in [0.1, 0.15) is 18.4 Å². The predicted octanol–water partition coefficient (Wildman–Crippen LogP) is -0.556. The number of nitrogens with one attached hydrogen (secondary N) is 1. The van der Waals surface area contributed by atoms with Gasteiger partial charge in [0.05, 0.1) is 6.04 Å². The number of aromatic nitrogens is 1. The first-order valence-electron chi connectivity index (χ1n) is 4.50. The molecule has 0 spiro atoms.